The largest absolute Gasteiger partial charge is 0.454 e. The monoisotopic (exact) mass is 473 g/mol. The molecule has 2 aliphatic rings. The van der Waals surface area contributed by atoms with Crippen LogP contribution in [0.1, 0.15) is 12.0 Å². The lowest BCUT2D eigenvalue weighted by atomic mass is 10.1. The third kappa shape index (κ3) is 4.68. The molecule has 9 heteroatoms. The zero-order chi connectivity index (χ0) is 21.9. The third-order valence-corrected chi connectivity index (χ3v) is 6.99. The molecular formula is C23H24ClN3O4S. The van der Waals surface area contributed by atoms with Gasteiger partial charge < -0.3 is 14.2 Å². The molecule has 0 saturated carbocycles. The van der Waals surface area contributed by atoms with Crippen LogP contribution in [0.25, 0.3) is 10.2 Å². The summed E-state index contributed by atoms with van der Waals surface area (Å²) in [7, 11) is 0. The van der Waals surface area contributed by atoms with Gasteiger partial charge in [0.2, 0.25) is 12.7 Å². The molecule has 2 aliphatic heterocycles. The van der Waals surface area contributed by atoms with Gasteiger partial charge in [-0.15, -0.1) is 0 Å². The van der Waals surface area contributed by atoms with E-state index in [0.717, 1.165) is 55.0 Å². The average molecular weight is 474 g/mol. The Morgan fingerprint density at radius 3 is 2.84 bits per heavy atom. The smallest absolute Gasteiger partial charge is 0.233 e. The molecule has 2 aromatic carbocycles. The summed E-state index contributed by atoms with van der Waals surface area (Å²) in [4.78, 5) is 22.3. The lowest BCUT2D eigenvalue weighted by Gasteiger charge is -2.27. The van der Waals surface area contributed by atoms with Gasteiger partial charge >= 0.3 is 0 Å². The van der Waals surface area contributed by atoms with E-state index in [2.05, 4.69) is 4.90 Å². The standard InChI is InChI=1S/C23H24ClN3O4S/c24-17-3-1-4-20-22(17)25-23(32-20)27(8-2-7-26-9-11-29-12-10-26)21(28)14-16-5-6-18-19(13-16)31-15-30-18/h1,3-6,13H,2,7-12,14-15H2. The van der Waals surface area contributed by atoms with E-state index < -0.39 is 0 Å². The number of fused-ring (bicyclic) bond motifs is 2. The first kappa shape index (κ1) is 21.5. The number of carbonyl (C=O) groups excluding carboxylic acids is 1. The van der Waals surface area contributed by atoms with Crippen molar-refractivity contribution in [3.8, 4) is 11.5 Å². The second-order valence-corrected chi connectivity index (χ2v) is 9.22. The lowest BCUT2D eigenvalue weighted by Crippen LogP contribution is -2.39. The Morgan fingerprint density at radius 1 is 1.16 bits per heavy atom. The van der Waals surface area contributed by atoms with Gasteiger partial charge in [-0.1, -0.05) is 35.1 Å². The van der Waals surface area contributed by atoms with Crippen molar-refractivity contribution in [1.82, 2.24) is 9.88 Å². The minimum Gasteiger partial charge on any atom is -0.454 e. The number of benzene rings is 2. The van der Waals surface area contributed by atoms with Crippen molar-refractivity contribution in [2.45, 2.75) is 12.8 Å². The number of rotatable bonds is 7. The van der Waals surface area contributed by atoms with Gasteiger partial charge in [-0.25, -0.2) is 4.98 Å². The third-order valence-electron chi connectivity index (χ3n) is 5.64. The molecule has 3 aromatic rings. The molecule has 5 rings (SSSR count). The molecule has 0 unspecified atom stereocenters. The van der Waals surface area contributed by atoms with Crippen molar-refractivity contribution in [2.24, 2.45) is 0 Å². The van der Waals surface area contributed by atoms with E-state index in [9.17, 15) is 4.79 Å². The van der Waals surface area contributed by atoms with E-state index in [1.807, 2.05) is 36.4 Å². The molecule has 0 N–H and O–H groups in total. The first-order chi connectivity index (χ1) is 15.7. The molecule has 0 atom stereocenters. The first-order valence-electron chi connectivity index (χ1n) is 10.7. The summed E-state index contributed by atoms with van der Waals surface area (Å²) in [6, 6.07) is 11.4. The van der Waals surface area contributed by atoms with Crippen LogP contribution < -0.4 is 14.4 Å². The number of halogens is 1. The van der Waals surface area contributed by atoms with E-state index in [4.69, 9.17) is 30.8 Å². The van der Waals surface area contributed by atoms with E-state index in [1.54, 1.807) is 4.90 Å². The van der Waals surface area contributed by atoms with Crippen molar-refractivity contribution in [2.75, 3.05) is 51.1 Å². The summed E-state index contributed by atoms with van der Waals surface area (Å²) >= 11 is 7.84. The molecule has 0 spiro atoms. The fraction of sp³-hybridized carbons (Fsp3) is 0.391. The van der Waals surface area contributed by atoms with Crippen LogP contribution in [0.2, 0.25) is 5.02 Å². The van der Waals surface area contributed by atoms with Crippen LogP contribution in [0.15, 0.2) is 36.4 Å². The predicted molar refractivity (Wildman–Crippen MR) is 125 cm³/mol. The van der Waals surface area contributed by atoms with Crippen molar-refractivity contribution in [1.29, 1.82) is 0 Å². The summed E-state index contributed by atoms with van der Waals surface area (Å²) in [6.45, 7) is 5.13. The summed E-state index contributed by atoms with van der Waals surface area (Å²) in [5.41, 5.74) is 1.62. The highest BCUT2D eigenvalue weighted by atomic mass is 35.5. The number of carbonyl (C=O) groups is 1. The van der Waals surface area contributed by atoms with Crippen molar-refractivity contribution in [3.05, 3.63) is 47.0 Å². The Hall–Kier alpha value is -2.39. The number of nitrogens with zero attached hydrogens (tertiary/aromatic N) is 3. The van der Waals surface area contributed by atoms with Gasteiger partial charge in [-0.05, 0) is 36.2 Å². The van der Waals surface area contributed by atoms with Crippen LogP contribution in [0, 0.1) is 0 Å². The van der Waals surface area contributed by atoms with Crippen LogP contribution in [0.5, 0.6) is 11.5 Å². The SMILES string of the molecule is O=C(Cc1ccc2c(c1)OCO2)N(CCCN1CCOCC1)c1nc2c(Cl)cccc2s1. The Balaban J connectivity index is 1.35. The zero-order valence-electron chi connectivity index (χ0n) is 17.6. The normalized spacial score (nSPS) is 15.9. The van der Waals surface area contributed by atoms with Gasteiger partial charge in [0.25, 0.3) is 0 Å². The fourth-order valence-corrected chi connectivity index (χ4v) is 5.25. The van der Waals surface area contributed by atoms with Crippen LogP contribution in [0.3, 0.4) is 0 Å². The number of anilines is 1. The van der Waals surface area contributed by atoms with Crippen molar-refractivity contribution >= 4 is 44.2 Å². The topological polar surface area (TPSA) is 64.1 Å². The molecule has 168 valence electrons. The molecule has 1 aromatic heterocycles. The van der Waals surface area contributed by atoms with Gasteiger partial charge in [-0.2, -0.15) is 0 Å². The summed E-state index contributed by atoms with van der Waals surface area (Å²) in [5, 5.41) is 1.28. The number of hydrogen-bond acceptors (Lipinski definition) is 7. The van der Waals surface area contributed by atoms with Crippen LogP contribution in [0.4, 0.5) is 5.13 Å². The number of para-hydroxylation sites is 1. The van der Waals surface area contributed by atoms with Crippen LogP contribution >= 0.6 is 22.9 Å². The number of hydrogen-bond donors (Lipinski definition) is 0. The predicted octanol–water partition coefficient (Wildman–Crippen LogP) is 3.98. The van der Waals surface area contributed by atoms with Gasteiger partial charge in [0.05, 0.1) is 29.4 Å². The lowest BCUT2D eigenvalue weighted by molar-refractivity contribution is -0.118. The number of thiazole rings is 1. The molecule has 0 aliphatic carbocycles. The summed E-state index contributed by atoms with van der Waals surface area (Å²) in [5.74, 6) is 1.39. The van der Waals surface area contributed by atoms with E-state index in [1.165, 1.54) is 11.3 Å². The molecule has 3 heterocycles. The zero-order valence-corrected chi connectivity index (χ0v) is 19.2. The minimum absolute atomic E-state index is 0.000946. The second-order valence-electron chi connectivity index (χ2n) is 7.80. The van der Waals surface area contributed by atoms with E-state index >= 15 is 0 Å². The Bertz CT molecular complexity index is 1120. The molecule has 0 bridgehead atoms. The highest BCUT2D eigenvalue weighted by Crippen LogP contribution is 2.35. The highest BCUT2D eigenvalue weighted by molar-refractivity contribution is 7.22. The number of ether oxygens (including phenoxy) is 3. The van der Waals surface area contributed by atoms with Gasteiger partial charge in [0, 0.05) is 26.2 Å². The van der Waals surface area contributed by atoms with Gasteiger partial charge in [-0.3, -0.25) is 14.6 Å². The molecule has 1 fully saturated rings. The Labute approximate surface area is 195 Å². The maximum absolute atomic E-state index is 13.4. The number of aromatic nitrogens is 1. The molecule has 32 heavy (non-hydrogen) atoms. The van der Waals surface area contributed by atoms with E-state index in [-0.39, 0.29) is 19.1 Å². The molecule has 1 amide bonds. The Morgan fingerprint density at radius 2 is 2.00 bits per heavy atom. The average Bonchev–Trinajstić information content (AvgIpc) is 3.44. The number of amides is 1. The minimum atomic E-state index is 0.000946. The maximum Gasteiger partial charge on any atom is 0.233 e. The molecule has 7 nitrogen and oxygen atoms in total. The van der Waals surface area contributed by atoms with Gasteiger partial charge in [0.1, 0.15) is 5.52 Å². The van der Waals surface area contributed by atoms with Gasteiger partial charge in [0.15, 0.2) is 16.6 Å². The second kappa shape index (κ2) is 9.62. The number of morpholine rings is 1. The van der Waals surface area contributed by atoms with E-state index in [0.29, 0.717) is 28.2 Å². The van der Waals surface area contributed by atoms with Crippen molar-refractivity contribution < 1.29 is 19.0 Å². The van der Waals surface area contributed by atoms with Crippen LogP contribution in [-0.4, -0.2) is 62.0 Å². The highest BCUT2D eigenvalue weighted by Gasteiger charge is 2.22. The Kier molecular flexibility index (Phi) is 6.45. The quantitative estimate of drug-likeness (QED) is 0.517. The summed E-state index contributed by atoms with van der Waals surface area (Å²) < 4.78 is 17.2. The van der Waals surface area contributed by atoms with Crippen molar-refractivity contribution in [3.63, 3.8) is 0 Å². The maximum atomic E-state index is 13.4. The molecular weight excluding hydrogens is 450 g/mol. The fourth-order valence-electron chi connectivity index (χ4n) is 3.94. The van der Waals surface area contributed by atoms with Crippen LogP contribution in [-0.2, 0) is 16.0 Å². The first-order valence-corrected chi connectivity index (χ1v) is 11.9. The molecule has 0 radical (unpaired) electrons. The summed E-state index contributed by atoms with van der Waals surface area (Å²) in [6.07, 6.45) is 1.12. The molecule has 1 saturated heterocycles.